The van der Waals surface area contributed by atoms with Crippen LogP contribution in [-0.2, 0) is 13.6 Å². The summed E-state index contributed by atoms with van der Waals surface area (Å²) in [4.78, 5) is 4.71. The minimum Gasteiger partial charge on any atom is -0.491 e. The van der Waals surface area contributed by atoms with Gasteiger partial charge in [0.05, 0.1) is 12.2 Å². The standard InChI is InChI=1S/C23H36N6O2/c1-16(2)31-20-12-10-18(11-13-20)21(30)14-24-23(26-19-8-6-5-7-9-19)25-15-22-28-27-17(3)29(22)4/h10-13,16,19,21,30H,5-9,14-15H2,1-4H3,(H2,24,25,26). The fourth-order valence-electron chi connectivity index (χ4n) is 3.68. The fourth-order valence-corrected chi connectivity index (χ4v) is 3.68. The number of aliphatic hydroxyl groups excluding tert-OH is 1. The van der Waals surface area contributed by atoms with Gasteiger partial charge in [-0.1, -0.05) is 31.4 Å². The number of hydrogen-bond donors (Lipinski definition) is 3. The van der Waals surface area contributed by atoms with Crippen molar-refractivity contribution in [2.75, 3.05) is 6.54 Å². The molecule has 1 fully saturated rings. The van der Waals surface area contributed by atoms with Crippen molar-refractivity contribution in [3.63, 3.8) is 0 Å². The van der Waals surface area contributed by atoms with Crippen molar-refractivity contribution in [3.05, 3.63) is 41.5 Å². The second-order valence-corrected chi connectivity index (χ2v) is 8.50. The molecule has 1 unspecified atom stereocenters. The Balaban J connectivity index is 1.62. The summed E-state index contributed by atoms with van der Waals surface area (Å²) in [6, 6.07) is 8.00. The van der Waals surface area contributed by atoms with E-state index >= 15 is 0 Å². The van der Waals surface area contributed by atoms with Crippen LogP contribution in [0.25, 0.3) is 0 Å². The van der Waals surface area contributed by atoms with Crippen molar-refractivity contribution in [3.8, 4) is 5.75 Å². The van der Waals surface area contributed by atoms with Crippen LogP contribution >= 0.6 is 0 Å². The smallest absolute Gasteiger partial charge is 0.192 e. The molecule has 2 aromatic rings. The summed E-state index contributed by atoms with van der Waals surface area (Å²) < 4.78 is 7.62. The van der Waals surface area contributed by atoms with Gasteiger partial charge >= 0.3 is 0 Å². The van der Waals surface area contributed by atoms with Gasteiger partial charge in [-0.15, -0.1) is 10.2 Å². The van der Waals surface area contributed by atoms with Gasteiger partial charge < -0.3 is 25.0 Å². The Bertz CT molecular complexity index is 840. The van der Waals surface area contributed by atoms with Gasteiger partial charge in [-0.3, -0.25) is 0 Å². The van der Waals surface area contributed by atoms with Crippen LogP contribution in [0.1, 0.15) is 69.3 Å². The van der Waals surface area contributed by atoms with Crippen LogP contribution < -0.4 is 15.4 Å². The molecule has 1 aliphatic rings. The number of hydrogen-bond acceptors (Lipinski definition) is 5. The molecule has 1 heterocycles. The Morgan fingerprint density at radius 1 is 1.19 bits per heavy atom. The number of rotatable bonds is 8. The largest absolute Gasteiger partial charge is 0.491 e. The van der Waals surface area contributed by atoms with Crippen LogP contribution in [0.15, 0.2) is 29.3 Å². The maximum atomic E-state index is 10.7. The zero-order chi connectivity index (χ0) is 22.2. The fraction of sp³-hybridized carbons (Fsp3) is 0.609. The van der Waals surface area contributed by atoms with Gasteiger partial charge in [0.25, 0.3) is 0 Å². The molecule has 0 radical (unpaired) electrons. The van der Waals surface area contributed by atoms with Crippen molar-refractivity contribution >= 4 is 5.96 Å². The number of nitrogens with zero attached hydrogens (tertiary/aromatic N) is 4. The first kappa shape index (κ1) is 23.1. The predicted molar refractivity (Wildman–Crippen MR) is 122 cm³/mol. The third-order valence-electron chi connectivity index (χ3n) is 5.61. The highest BCUT2D eigenvalue weighted by atomic mass is 16.5. The van der Waals surface area contributed by atoms with Crippen LogP contribution in [0, 0.1) is 6.92 Å². The topological polar surface area (TPSA) is 96.6 Å². The molecule has 31 heavy (non-hydrogen) atoms. The maximum absolute atomic E-state index is 10.7. The average Bonchev–Trinajstić information content (AvgIpc) is 3.08. The average molecular weight is 429 g/mol. The summed E-state index contributed by atoms with van der Waals surface area (Å²) in [7, 11) is 1.94. The molecular weight excluding hydrogens is 392 g/mol. The lowest BCUT2D eigenvalue weighted by atomic mass is 9.96. The Morgan fingerprint density at radius 2 is 1.90 bits per heavy atom. The Hall–Kier alpha value is -2.61. The van der Waals surface area contributed by atoms with E-state index in [9.17, 15) is 5.11 Å². The molecule has 1 aromatic heterocycles. The molecule has 8 nitrogen and oxygen atoms in total. The highest BCUT2D eigenvalue weighted by Gasteiger charge is 2.16. The number of nitrogens with one attached hydrogen (secondary N) is 2. The monoisotopic (exact) mass is 428 g/mol. The molecule has 1 aromatic carbocycles. The van der Waals surface area contributed by atoms with E-state index in [0.29, 0.717) is 25.1 Å². The minimum absolute atomic E-state index is 0.125. The van der Waals surface area contributed by atoms with Gasteiger partial charge in [-0.2, -0.15) is 0 Å². The number of aliphatic imine (C=N–C) groups is 1. The van der Waals surface area contributed by atoms with E-state index in [4.69, 9.17) is 9.73 Å². The quantitative estimate of drug-likeness (QED) is 0.442. The van der Waals surface area contributed by atoms with Crippen LogP contribution in [0.2, 0.25) is 0 Å². The normalized spacial score (nSPS) is 16.4. The summed E-state index contributed by atoms with van der Waals surface area (Å²) in [6.07, 6.45) is 5.53. The lowest BCUT2D eigenvalue weighted by molar-refractivity contribution is 0.180. The second kappa shape index (κ2) is 11.1. The van der Waals surface area contributed by atoms with Crippen LogP contribution in [0.5, 0.6) is 5.75 Å². The molecule has 0 saturated heterocycles. The number of aryl methyl sites for hydroxylation is 1. The summed E-state index contributed by atoms with van der Waals surface area (Å²) in [5, 5.41) is 25.8. The molecule has 3 rings (SSSR count). The van der Waals surface area contributed by atoms with Gasteiger partial charge in [0.1, 0.15) is 18.1 Å². The molecule has 0 amide bonds. The number of benzene rings is 1. The van der Waals surface area contributed by atoms with Gasteiger partial charge in [0.15, 0.2) is 11.8 Å². The van der Waals surface area contributed by atoms with Gasteiger partial charge in [0.2, 0.25) is 0 Å². The SMILES string of the molecule is Cc1nnc(CN=C(NCC(O)c2ccc(OC(C)C)cc2)NC2CCCCC2)n1C. The van der Waals surface area contributed by atoms with Crippen LogP contribution in [-0.4, -0.2) is 44.5 Å². The predicted octanol–water partition coefficient (Wildman–Crippen LogP) is 3.01. The van der Waals surface area contributed by atoms with E-state index < -0.39 is 6.10 Å². The van der Waals surface area contributed by atoms with Crippen molar-refractivity contribution in [2.45, 2.75) is 77.7 Å². The third kappa shape index (κ3) is 6.95. The zero-order valence-corrected chi connectivity index (χ0v) is 19.1. The molecule has 170 valence electrons. The molecule has 8 heteroatoms. The van der Waals surface area contributed by atoms with Crippen molar-refractivity contribution in [1.82, 2.24) is 25.4 Å². The lowest BCUT2D eigenvalue weighted by Crippen LogP contribution is -2.45. The highest BCUT2D eigenvalue weighted by Crippen LogP contribution is 2.19. The number of aromatic nitrogens is 3. The lowest BCUT2D eigenvalue weighted by Gasteiger charge is -2.25. The van der Waals surface area contributed by atoms with E-state index in [1.165, 1.54) is 19.3 Å². The summed E-state index contributed by atoms with van der Waals surface area (Å²) >= 11 is 0. The Labute approximate surface area is 185 Å². The first-order valence-electron chi connectivity index (χ1n) is 11.3. The molecule has 1 saturated carbocycles. The van der Waals surface area contributed by atoms with E-state index in [1.807, 2.05) is 56.7 Å². The van der Waals surface area contributed by atoms with Crippen LogP contribution in [0.4, 0.5) is 0 Å². The van der Waals surface area contributed by atoms with Gasteiger partial charge in [-0.25, -0.2) is 4.99 Å². The van der Waals surface area contributed by atoms with E-state index in [1.54, 1.807) is 0 Å². The van der Waals surface area contributed by atoms with E-state index in [-0.39, 0.29) is 6.10 Å². The summed E-state index contributed by atoms with van der Waals surface area (Å²) in [5.41, 5.74) is 0.838. The molecule has 0 aliphatic heterocycles. The van der Waals surface area contributed by atoms with Crippen LogP contribution in [0.3, 0.4) is 0 Å². The number of ether oxygens (including phenoxy) is 1. The Kier molecular flexibility index (Phi) is 8.28. The number of aliphatic hydroxyl groups is 1. The van der Waals surface area contributed by atoms with Crippen molar-refractivity contribution in [1.29, 1.82) is 0 Å². The minimum atomic E-state index is -0.650. The molecule has 3 N–H and O–H groups in total. The maximum Gasteiger partial charge on any atom is 0.192 e. The van der Waals surface area contributed by atoms with Crippen molar-refractivity contribution in [2.24, 2.45) is 12.0 Å². The van der Waals surface area contributed by atoms with Gasteiger partial charge in [-0.05, 0) is 51.3 Å². The van der Waals surface area contributed by atoms with E-state index in [2.05, 4.69) is 20.8 Å². The van der Waals surface area contributed by atoms with Gasteiger partial charge in [0, 0.05) is 19.6 Å². The molecule has 0 bridgehead atoms. The molecule has 1 atom stereocenters. The van der Waals surface area contributed by atoms with E-state index in [0.717, 1.165) is 35.8 Å². The first-order chi connectivity index (χ1) is 14.9. The Morgan fingerprint density at radius 3 is 2.52 bits per heavy atom. The molecule has 1 aliphatic carbocycles. The summed E-state index contributed by atoms with van der Waals surface area (Å²) in [6.45, 7) is 6.70. The number of guanidine groups is 1. The highest BCUT2D eigenvalue weighted by molar-refractivity contribution is 5.80. The molecular formula is C23H36N6O2. The van der Waals surface area contributed by atoms with Crippen molar-refractivity contribution < 1.29 is 9.84 Å². The third-order valence-corrected chi connectivity index (χ3v) is 5.61. The summed E-state index contributed by atoms with van der Waals surface area (Å²) in [5.74, 6) is 3.18. The molecule has 0 spiro atoms. The first-order valence-corrected chi connectivity index (χ1v) is 11.3. The zero-order valence-electron chi connectivity index (χ0n) is 19.1. The second-order valence-electron chi connectivity index (χ2n) is 8.50.